The Morgan fingerprint density at radius 3 is 2.74 bits per heavy atom. The molecule has 2 amide bonds. The number of fused-ring (bicyclic) bond motifs is 1. The van der Waals surface area contributed by atoms with Crippen molar-refractivity contribution in [2.75, 3.05) is 16.8 Å². The van der Waals surface area contributed by atoms with Crippen molar-refractivity contribution in [3.63, 3.8) is 0 Å². The SMILES string of the molecule is CC(C)C[C@H](N)C(=O)Nc1ccc2c(c1)CCN2C(=O)C1CC1. The van der Waals surface area contributed by atoms with Crippen LogP contribution in [0.3, 0.4) is 0 Å². The quantitative estimate of drug-likeness (QED) is 0.875. The number of amides is 2. The standard InChI is InChI=1S/C18H25N3O2/c1-11(2)9-15(19)17(22)20-14-5-6-16-13(10-14)7-8-21(16)18(23)12-3-4-12/h5-6,10-12,15H,3-4,7-9,19H2,1-2H3,(H,20,22)/t15-/m0/s1. The van der Waals surface area contributed by atoms with Gasteiger partial charge in [0.25, 0.3) is 0 Å². The zero-order valence-electron chi connectivity index (χ0n) is 13.8. The first-order valence-electron chi connectivity index (χ1n) is 8.46. The first-order chi connectivity index (χ1) is 11.0. The number of hydrogen-bond donors (Lipinski definition) is 2. The Balaban J connectivity index is 1.67. The second-order valence-corrected chi connectivity index (χ2v) is 7.08. The summed E-state index contributed by atoms with van der Waals surface area (Å²) in [6.07, 6.45) is 3.55. The first-order valence-corrected chi connectivity index (χ1v) is 8.46. The number of nitrogens with zero attached hydrogens (tertiary/aromatic N) is 1. The fourth-order valence-electron chi connectivity index (χ4n) is 3.11. The molecule has 0 spiro atoms. The van der Waals surface area contributed by atoms with Gasteiger partial charge in [-0.25, -0.2) is 0 Å². The van der Waals surface area contributed by atoms with E-state index in [0.717, 1.165) is 42.7 Å². The summed E-state index contributed by atoms with van der Waals surface area (Å²) in [6.45, 7) is 4.84. The van der Waals surface area contributed by atoms with Crippen LogP contribution in [-0.2, 0) is 16.0 Å². The fraction of sp³-hybridized carbons (Fsp3) is 0.556. The topological polar surface area (TPSA) is 75.4 Å². The molecule has 3 rings (SSSR count). The highest BCUT2D eigenvalue weighted by Gasteiger charge is 2.36. The molecule has 3 N–H and O–H groups in total. The van der Waals surface area contributed by atoms with Gasteiger partial charge in [-0.2, -0.15) is 0 Å². The summed E-state index contributed by atoms with van der Waals surface area (Å²) in [5.41, 5.74) is 8.79. The summed E-state index contributed by atoms with van der Waals surface area (Å²) in [6, 6.07) is 5.27. The summed E-state index contributed by atoms with van der Waals surface area (Å²) >= 11 is 0. The number of benzene rings is 1. The molecule has 1 aromatic rings. The molecule has 1 fully saturated rings. The van der Waals surface area contributed by atoms with Crippen molar-refractivity contribution in [2.45, 2.75) is 45.6 Å². The van der Waals surface area contributed by atoms with E-state index < -0.39 is 6.04 Å². The zero-order valence-corrected chi connectivity index (χ0v) is 13.8. The van der Waals surface area contributed by atoms with Crippen LogP contribution in [0.1, 0.15) is 38.7 Å². The van der Waals surface area contributed by atoms with Crippen LogP contribution in [0.4, 0.5) is 11.4 Å². The second kappa shape index (κ2) is 6.32. The largest absolute Gasteiger partial charge is 0.325 e. The predicted molar refractivity (Wildman–Crippen MR) is 91.3 cm³/mol. The molecule has 0 aromatic heterocycles. The maximum atomic E-state index is 12.3. The molecule has 0 unspecified atom stereocenters. The van der Waals surface area contributed by atoms with E-state index in [1.165, 1.54) is 0 Å². The van der Waals surface area contributed by atoms with E-state index in [-0.39, 0.29) is 17.7 Å². The number of nitrogens with one attached hydrogen (secondary N) is 1. The van der Waals surface area contributed by atoms with E-state index in [4.69, 9.17) is 5.73 Å². The van der Waals surface area contributed by atoms with Gasteiger partial charge in [-0.3, -0.25) is 9.59 Å². The van der Waals surface area contributed by atoms with Crippen molar-refractivity contribution in [3.8, 4) is 0 Å². The Kier molecular flexibility index (Phi) is 4.39. The van der Waals surface area contributed by atoms with Gasteiger partial charge in [0.1, 0.15) is 0 Å². The summed E-state index contributed by atoms with van der Waals surface area (Å²) in [5, 5.41) is 2.89. The monoisotopic (exact) mass is 315 g/mol. The van der Waals surface area contributed by atoms with Crippen LogP contribution in [0.15, 0.2) is 18.2 Å². The van der Waals surface area contributed by atoms with Gasteiger partial charge >= 0.3 is 0 Å². The number of nitrogens with two attached hydrogens (primary N) is 1. The van der Waals surface area contributed by atoms with Crippen molar-refractivity contribution < 1.29 is 9.59 Å². The molecule has 0 saturated heterocycles. The Bertz CT molecular complexity index is 623. The number of rotatable bonds is 5. The van der Waals surface area contributed by atoms with Gasteiger partial charge in [-0.05, 0) is 55.4 Å². The predicted octanol–water partition coefficient (Wildman–Crippen LogP) is 2.30. The van der Waals surface area contributed by atoms with E-state index in [9.17, 15) is 9.59 Å². The third-order valence-corrected chi connectivity index (χ3v) is 4.50. The summed E-state index contributed by atoms with van der Waals surface area (Å²) in [4.78, 5) is 26.3. The fourth-order valence-corrected chi connectivity index (χ4v) is 3.11. The summed E-state index contributed by atoms with van der Waals surface area (Å²) in [5.74, 6) is 0.717. The van der Waals surface area contributed by atoms with Crippen molar-refractivity contribution in [3.05, 3.63) is 23.8 Å². The van der Waals surface area contributed by atoms with Gasteiger partial charge in [0.15, 0.2) is 0 Å². The van der Waals surface area contributed by atoms with Crippen LogP contribution in [0.2, 0.25) is 0 Å². The Hall–Kier alpha value is -1.88. The first kappa shape index (κ1) is 16.0. The molecule has 0 bridgehead atoms. The van der Waals surface area contributed by atoms with E-state index in [1.807, 2.05) is 36.9 Å². The molecule has 0 radical (unpaired) electrons. The van der Waals surface area contributed by atoms with Crippen LogP contribution in [0.5, 0.6) is 0 Å². The maximum absolute atomic E-state index is 12.3. The lowest BCUT2D eigenvalue weighted by Gasteiger charge is -2.18. The van der Waals surface area contributed by atoms with E-state index in [0.29, 0.717) is 12.3 Å². The third kappa shape index (κ3) is 3.55. The van der Waals surface area contributed by atoms with Crippen LogP contribution < -0.4 is 16.0 Å². The molecule has 1 heterocycles. The maximum Gasteiger partial charge on any atom is 0.241 e. The summed E-state index contributed by atoms with van der Waals surface area (Å²) in [7, 11) is 0. The van der Waals surface area contributed by atoms with Crippen LogP contribution >= 0.6 is 0 Å². The minimum Gasteiger partial charge on any atom is -0.325 e. The molecular weight excluding hydrogens is 290 g/mol. The van der Waals surface area contributed by atoms with Gasteiger partial charge in [0.2, 0.25) is 11.8 Å². The molecule has 1 aliphatic heterocycles. The highest BCUT2D eigenvalue weighted by Crippen LogP contribution is 2.37. The molecule has 5 heteroatoms. The van der Waals surface area contributed by atoms with E-state index >= 15 is 0 Å². The van der Waals surface area contributed by atoms with Crippen LogP contribution in [0.25, 0.3) is 0 Å². The lowest BCUT2D eigenvalue weighted by molar-refractivity contribution is -0.119. The van der Waals surface area contributed by atoms with Gasteiger partial charge in [0, 0.05) is 23.8 Å². The van der Waals surface area contributed by atoms with Gasteiger partial charge in [-0.15, -0.1) is 0 Å². The summed E-state index contributed by atoms with van der Waals surface area (Å²) < 4.78 is 0. The number of anilines is 2. The Morgan fingerprint density at radius 1 is 1.35 bits per heavy atom. The van der Waals surface area contributed by atoms with Crippen LogP contribution in [-0.4, -0.2) is 24.4 Å². The molecule has 23 heavy (non-hydrogen) atoms. The van der Waals surface area contributed by atoms with Gasteiger partial charge < -0.3 is 16.0 Å². The van der Waals surface area contributed by atoms with Crippen molar-refractivity contribution in [1.29, 1.82) is 0 Å². The van der Waals surface area contributed by atoms with Gasteiger partial charge in [-0.1, -0.05) is 13.8 Å². The molecule has 5 nitrogen and oxygen atoms in total. The molecular formula is C18H25N3O2. The molecule has 1 aliphatic carbocycles. The van der Waals surface area contributed by atoms with Crippen molar-refractivity contribution >= 4 is 23.2 Å². The Labute approximate surface area is 137 Å². The minimum atomic E-state index is -0.490. The third-order valence-electron chi connectivity index (χ3n) is 4.50. The lowest BCUT2D eigenvalue weighted by Crippen LogP contribution is -2.36. The minimum absolute atomic E-state index is 0.150. The second-order valence-electron chi connectivity index (χ2n) is 7.08. The highest BCUT2D eigenvalue weighted by molar-refractivity contribution is 5.99. The average Bonchev–Trinajstić information content (AvgIpc) is 3.26. The number of carbonyl (C=O) groups excluding carboxylic acids is 2. The number of hydrogen-bond acceptors (Lipinski definition) is 3. The van der Waals surface area contributed by atoms with Crippen molar-refractivity contribution in [2.24, 2.45) is 17.6 Å². The highest BCUT2D eigenvalue weighted by atomic mass is 16.2. The van der Waals surface area contributed by atoms with E-state index in [2.05, 4.69) is 5.32 Å². The average molecular weight is 315 g/mol. The van der Waals surface area contributed by atoms with Crippen molar-refractivity contribution in [1.82, 2.24) is 0 Å². The van der Waals surface area contributed by atoms with E-state index in [1.54, 1.807) is 0 Å². The molecule has 124 valence electrons. The molecule has 1 atom stereocenters. The van der Waals surface area contributed by atoms with Gasteiger partial charge in [0.05, 0.1) is 6.04 Å². The molecule has 1 aromatic carbocycles. The zero-order chi connectivity index (χ0) is 16.6. The van der Waals surface area contributed by atoms with Crippen LogP contribution in [0, 0.1) is 11.8 Å². The lowest BCUT2D eigenvalue weighted by atomic mass is 10.0. The Morgan fingerprint density at radius 2 is 2.09 bits per heavy atom. The molecule has 1 saturated carbocycles. The molecule has 2 aliphatic rings. The normalized spacial score (nSPS) is 18.0. The smallest absolute Gasteiger partial charge is 0.241 e. The number of carbonyl (C=O) groups is 2.